The molecule has 0 unspecified atom stereocenters. The van der Waals surface area contributed by atoms with Crippen molar-refractivity contribution in [3.63, 3.8) is 0 Å². The van der Waals surface area contributed by atoms with Gasteiger partial charge in [-0.25, -0.2) is 9.67 Å². The summed E-state index contributed by atoms with van der Waals surface area (Å²) in [6.45, 7) is 4.66. The molecule has 0 amide bonds. The van der Waals surface area contributed by atoms with E-state index in [1.54, 1.807) is 41.2 Å². The Hall–Kier alpha value is -3.81. The maximum atomic E-state index is 6.58. The fourth-order valence-electron chi connectivity index (χ4n) is 5.81. The molecule has 2 atom stereocenters. The zero-order valence-electron chi connectivity index (χ0n) is 25.1. The van der Waals surface area contributed by atoms with Crippen LogP contribution in [0.4, 0.5) is 11.4 Å². The van der Waals surface area contributed by atoms with E-state index in [0.29, 0.717) is 28.8 Å². The number of nitrogens with zero attached hydrogens (tertiary/aromatic N) is 8. The highest BCUT2D eigenvalue weighted by Crippen LogP contribution is 2.40. The summed E-state index contributed by atoms with van der Waals surface area (Å²) in [5, 5.41) is 14.3. The maximum absolute atomic E-state index is 6.58. The van der Waals surface area contributed by atoms with Gasteiger partial charge in [-0.3, -0.25) is 4.57 Å². The van der Waals surface area contributed by atoms with E-state index in [2.05, 4.69) is 66.5 Å². The second-order valence-electron chi connectivity index (χ2n) is 11.0. The molecule has 11 nitrogen and oxygen atoms in total. The molecule has 0 saturated carbocycles. The van der Waals surface area contributed by atoms with E-state index in [9.17, 15) is 0 Å². The average molecular weight is 680 g/mol. The van der Waals surface area contributed by atoms with Crippen molar-refractivity contribution >= 4 is 46.3 Å². The molecule has 46 heavy (non-hydrogen) atoms. The van der Waals surface area contributed by atoms with Gasteiger partial charge in [0.05, 0.1) is 11.6 Å². The molecule has 7 rings (SSSR count). The summed E-state index contributed by atoms with van der Waals surface area (Å²) in [6.07, 6.45) is 6.52. The van der Waals surface area contributed by atoms with Crippen LogP contribution in [-0.2, 0) is 21.8 Å². The van der Waals surface area contributed by atoms with Gasteiger partial charge in [-0.15, -0.1) is 10.2 Å². The van der Waals surface area contributed by atoms with E-state index < -0.39 is 5.79 Å². The minimum absolute atomic E-state index is 0.278. The first kappa shape index (κ1) is 30.8. The van der Waals surface area contributed by atoms with Gasteiger partial charge in [0, 0.05) is 53.8 Å². The van der Waals surface area contributed by atoms with Gasteiger partial charge in [0.1, 0.15) is 44.0 Å². The van der Waals surface area contributed by atoms with Crippen LogP contribution in [0.25, 0.3) is 5.69 Å². The van der Waals surface area contributed by atoms with Crippen molar-refractivity contribution in [2.45, 2.75) is 23.6 Å². The van der Waals surface area contributed by atoms with E-state index in [0.717, 1.165) is 42.8 Å². The molecule has 0 radical (unpaired) electrons. The van der Waals surface area contributed by atoms with E-state index in [1.165, 1.54) is 17.7 Å². The SMILES string of the molecule is CSc1nncn1-c1ccc(N2CCN(c3ccc(OC[C@@H]4CO[C@@](Cn5cncn5)(c5ccc(Cl)cc5Cl)O4)cc3)CC2)cc1. The van der Waals surface area contributed by atoms with Crippen LogP contribution in [0.3, 0.4) is 0 Å². The second kappa shape index (κ2) is 13.5. The van der Waals surface area contributed by atoms with Gasteiger partial charge >= 0.3 is 0 Å². The number of ether oxygens (including phenoxy) is 3. The molecular formula is C32H32Cl2N8O3S. The van der Waals surface area contributed by atoms with Crippen molar-refractivity contribution in [3.05, 3.63) is 101 Å². The van der Waals surface area contributed by atoms with Crippen molar-refractivity contribution in [1.29, 1.82) is 0 Å². The normalized spacial score (nSPS) is 19.9. The Kier molecular flexibility index (Phi) is 9.05. The van der Waals surface area contributed by atoms with E-state index >= 15 is 0 Å². The summed E-state index contributed by atoms with van der Waals surface area (Å²) < 4.78 is 22.5. The Morgan fingerprint density at radius 2 is 1.61 bits per heavy atom. The molecule has 2 aromatic heterocycles. The molecule has 0 spiro atoms. The summed E-state index contributed by atoms with van der Waals surface area (Å²) in [5.41, 5.74) is 4.12. The molecule has 0 aliphatic carbocycles. The predicted molar refractivity (Wildman–Crippen MR) is 178 cm³/mol. The average Bonchev–Trinajstić information content (AvgIpc) is 3.87. The van der Waals surface area contributed by atoms with Gasteiger partial charge < -0.3 is 24.0 Å². The Balaban J connectivity index is 0.931. The zero-order chi connectivity index (χ0) is 31.5. The standard InChI is InChI=1S/C32H32Cl2N8O3S/c1-46-31-38-36-22-42(31)26-5-3-24(4-6-26)39-12-14-40(15-13-39)25-7-9-27(10-8-25)43-17-28-18-44-32(45-28,19-41-21-35-20-37-41)29-11-2-23(33)16-30(29)34/h2-11,16,20-22,28H,12-15,17-19H2,1H3/t28-,32-/m1/s1. The molecule has 4 heterocycles. The zero-order valence-corrected chi connectivity index (χ0v) is 27.4. The number of thioether (sulfide) groups is 1. The van der Waals surface area contributed by atoms with Crippen molar-refractivity contribution in [1.82, 2.24) is 29.5 Å². The van der Waals surface area contributed by atoms with Crippen LogP contribution >= 0.6 is 35.0 Å². The van der Waals surface area contributed by atoms with Crippen LogP contribution in [-0.4, -0.2) is 81.3 Å². The summed E-state index contributed by atoms with van der Waals surface area (Å²) in [6, 6.07) is 22.1. The third kappa shape index (κ3) is 6.53. The number of rotatable bonds is 10. The smallest absolute Gasteiger partial charge is 0.217 e. The Morgan fingerprint density at radius 3 is 2.26 bits per heavy atom. The summed E-state index contributed by atoms with van der Waals surface area (Å²) in [7, 11) is 0. The fraction of sp³-hybridized carbons (Fsp3) is 0.312. The highest BCUT2D eigenvalue weighted by molar-refractivity contribution is 7.98. The first-order chi connectivity index (χ1) is 22.5. The van der Waals surface area contributed by atoms with Crippen molar-refractivity contribution in [3.8, 4) is 11.4 Å². The first-order valence-corrected chi connectivity index (χ1v) is 16.8. The van der Waals surface area contributed by atoms with E-state index in [4.69, 9.17) is 37.4 Å². The van der Waals surface area contributed by atoms with Gasteiger partial charge in [-0.2, -0.15) is 5.10 Å². The van der Waals surface area contributed by atoms with Gasteiger partial charge in [-0.1, -0.05) is 41.0 Å². The number of hydrogen-bond acceptors (Lipinski definition) is 10. The number of benzene rings is 3. The minimum atomic E-state index is -1.15. The van der Waals surface area contributed by atoms with Crippen LogP contribution in [0.2, 0.25) is 10.0 Å². The van der Waals surface area contributed by atoms with Gasteiger partial charge in [0.25, 0.3) is 0 Å². The summed E-state index contributed by atoms with van der Waals surface area (Å²) in [4.78, 5) is 8.87. The van der Waals surface area contributed by atoms with Crippen molar-refractivity contribution < 1.29 is 14.2 Å². The summed E-state index contributed by atoms with van der Waals surface area (Å²) in [5.74, 6) is -0.380. The topological polar surface area (TPSA) is 95.6 Å². The second-order valence-corrected chi connectivity index (χ2v) is 12.6. The lowest BCUT2D eigenvalue weighted by Gasteiger charge is -2.37. The molecular weight excluding hydrogens is 647 g/mol. The largest absolute Gasteiger partial charge is 0.491 e. The Labute approximate surface area is 281 Å². The van der Waals surface area contributed by atoms with E-state index in [1.807, 2.05) is 29.0 Å². The molecule has 14 heteroatoms. The lowest BCUT2D eigenvalue weighted by molar-refractivity contribution is -0.190. The lowest BCUT2D eigenvalue weighted by atomic mass is 10.1. The molecule has 0 N–H and O–H groups in total. The molecule has 2 fully saturated rings. The first-order valence-electron chi connectivity index (χ1n) is 14.9. The van der Waals surface area contributed by atoms with Crippen LogP contribution < -0.4 is 14.5 Å². The number of anilines is 2. The third-order valence-corrected chi connectivity index (χ3v) is 9.34. The fourth-order valence-corrected chi connectivity index (χ4v) is 6.84. The van der Waals surface area contributed by atoms with E-state index in [-0.39, 0.29) is 12.6 Å². The molecule has 0 bridgehead atoms. The highest BCUT2D eigenvalue weighted by atomic mass is 35.5. The number of halogens is 2. The van der Waals surface area contributed by atoms with Crippen molar-refractivity contribution in [2.75, 3.05) is 55.4 Å². The maximum Gasteiger partial charge on any atom is 0.217 e. The molecule has 238 valence electrons. The van der Waals surface area contributed by atoms with Crippen molar-refractivity contribution in [2.24, 2.45) is 0 Å². The van der Waals surface area contributed by atoms with Gasteiger partial charge in [0.15, 0.2) is 5.16 Å². The predicted octanol–water partition coefficient (Wildman–Crippen LogP) is 5.56. The Bertz CT molecular complexity index is 1750. The lowest BCUT2D eigenvalue weighted by Crippen LogP contribution is -2.46. The monoisotopic (exact) mass is 678 g/mol. The van der Waals surface area contributed by atoms with Crippen LogP contribution in [0.15, 0.2) is 90.9 Å². The number of aromatic nitrogens is 6. The van der Waals surface area contributed by atoms with Gasteiger partial charge in [0.2, 0.25) is 5.79 Å². The minimum Gasteiger partial charge on any atom is -0.491 e. The quantitative estimate of drug-likeness (QED) is 0.175. The number of piperazine rings is 1. The molecule has 3 aromatic carbocycles. The number of hydrogen-bond donors (Lipinski definition) is 0. The Morgan fingerprint density at radius 1 is 0.913 bits per heavy atom. The molecule has 2 aliphatic heterocycles. The molecule has 2 saturated heterocycles. The molecule has 5 aromatic rings. The van der Waals surface area contributed by atoms with Crippen LogP contribution in [0, 0.1) is 0 Å². The third-order valence-electron chi connectivity index (χ3n) is 8.15. The van der Waals surface area contributed by atoms with Gasteiger partial charge in [-0.05, 0) is 66.9 Å². The summed E-state index contributed by atoms with van der Waals surface area (Å²) >= 11 is 14.3. The van der Waals surface area contributed by atoms with Crippen LogP contribution in [0.1, 0.15) is 5.56 Å². The molecule has 2 aliphatic rings. The highest BCUT2D eigenvalue weighted by Gasteiger charge is 2.45. The van der Waals surface area contributed by atoms with Crippen LogP contribution in [0.5, 0.6) is 5.75 Å².